The van der Waals surface area contributed by atoms with Crippen LogP contribution in [-0.2, 0) is 35.7 Å². The van der Waals surface area contributed by atoms with Crippen molar-refractivity contribution in [2.75, 3.05) is 19.6 Å². The molecule has 0 fully saturated rings. The van der Waals surface area contributed by atoms with Crippen LogP contribution < -0.4 is 11.1 Å². The van der Waals surface area contributed by atoms with Crippen LogP contribution in [-0.4, -0.2) is 59.1 Å². The third kappa shape index (κ3) is 26.3. The van der Waals surface area contributed by atoms with Crippen molar-refractivity contribution >= 4 is 18.5 Å². The fourth-order valence-corrected chi connectivity index (χ4v) is 5.69. The van der Waals surface area contributed by atoms with Gasteiger partial charge in [-0.1, -0.05) is 102 Å². The molecule has 0 heterocycles. The van der Waals surface area contributed by atoms with Gasteiger partial charge < -0.3 is 30.3 Å². The number of hydrogen-bond donors (Lipinski definition) is 2. The molecule has 4 rings (SSSR count). The number of nitriles is 3. The molecule has 0 aliphatic heterocycles. The zero-order valence-electron chi connectivity index (χ0n) is 41.4. The number of carbonyl (C=O) groups is 3. The largest absolute Gasteiger partial charge is 0.444 e. The number of carbonyl (C=O) groups excluding carboxylic acids is 3. The second-order valence-electron chi connectivity index (χ2n) is 19.0. The Hall–Kier alpha value is -6.52. The molecular formula is C54H73N7O5. The van der Waals surface area contributed by atoms with Crippen molar-refractivity contribution in [1.82, 2.24) is 15.1 Å². The topological polar surface area (TPSA) is 186 Å². The molecule has 0 spiro atoms. The van der Waals surface area contributed by atoms with E-state index in [0.717, 1.165) is 41.6 Å². The first-order valence-electron chi connectivity index (χ1n) is 22.4. The lowest BCUT2D eigenvalue weighted by Gasteiger charge is -2.28. The Morgan fingerprint density at radius 1 is 0.576 bits per heavy atom. The molecule has 0 aromatic heterocycles. The fraction of sp³-hybridized carbons (Fsp3) is 0.444. The summed E-state index contributed by atoms with van der Waals surface area (Å²) in [4.78, 5) is 38.2. The van der Waals surface area contributed by atoms with Gasteiger partial charge >= 0.3 is 12.2 Å². The van der Waals surface area contributed by atoms with E-state index < -0.39 is 11.2 Å². The molecule has 0 atom stereocenters. The number of aldehydes is 1. The highest BCUT2D eigenvalue weighted by Gasteiger charge is 2.24. The van der Waals surface area contributed by atoms with Crippen molar-refractivity contribution in [2.45, 2.75) is 120 Å². The lowest BCUT2D eigenvalue weighted by Crippen LogP contribution is -2.38. The second kappa shape index (κ2) is 29.8. The summed E-state index contributed by atoms with van der Waals surface area (Å²) >= 11 is 0. The van der Waals surface area contributed by atoms with Gasteiger partial charge in [0.2, 0.25) is 0 Å². The summed E-state index contributed by atoms with van der Waals surface area (Å²) < 4.78 is 10.9. The lowest BCUT2D eigenvalue weighted by atomic mass is 10.1. The van der Waals surface area contributed by atoms with E-state index in [-0.39, 0.29) is 12.2 Å². The summed E-state index contributed by atoms with van der Waals surface area (Å²) in [6.07, 6.45) is 0.181. The minimum absolute atomic E-state index is 0.265. The number of nitrogens with two attached hydrogens (primary N) is 1. The number of amides is 2. The van der Waals surface area contributed by atoms with E-state index >= 15 is 0 Å². The Labute approximate surface area is 395 Å². The van der Waals surface area contributed by atoms with Crippen LogP contribution in [0.2, 0.25) is 0 Å². The Morgan fingerprint density at radius 3 is 1.21 bits per heavy atom. The van der Waals surface area contributed by atoms with Gasteiger partial charge in [-0.25, -0.2) is 9.59 Å². The van der Waals surface area contributed by atoms with E-state index in [0.29, 0.717) is 67.2 Å². The Kier molecular flexibility index (Phi) is 26.0. The van der Waals surface area contributed by atoms with Crippen molar-refractivity contribution in [2.24, 2.45) is 23.5 Å². The summed E-state index contributed by atoms with van der Waals surface area (Å²) in [5.41, 5.74) is 11.5. The molecule has 12 heteroatoms. The molecule has 12 nitrogen and oxygen atoms in total. The number of rotatable bonds is 14. The number of hydrogen-bond acceptors (Lipinski definition) is 10. The zero-order valence-corrected chi connectivity index (χ0v) is 41.4. The van der Waals surface area contributed by atoms with E-state index in [1.165, 1.54) is 5.56 Å². The van der Waals surface area contributed by atoms with Crippen LogP contribution in [0, 0.1) is 51.7 Å². The fourth-order valence-electron chi connectivity index (χ4n) is 5.69. The third-order valence-electron chi connectivity index (χ3n) is 8.70. The molecule has 354 valence electrons. The average Bonchev–Trinajstić information content (AvgIpc) is 3.26. The molecule has 0 saturated carbocycles. The molecule has 0 aliphatic rings. The van der Waals surface area contributed by atoms with Crippen LogP contribution in [0.3, 0.4) is 0 Å². The van der Waals surface area contributed by atoms with Crippen LogP contribution in [0.15, 0.2) is 97.1 Å². The predicted molar refractivity (Wildman–Crippen MR) is 263 cm³/mol. The third-order valence-corrected chi connectivity index (χ3v) is 8.70. The molecular weight excluding hydrogens is 827 g/mol. The molecule has 3 N–H and O–H groups in total. The molecule has 0 aliphatic carbocycles. The van der Waals surface area contributed by atoms with Gasteiger partial charge in [0.1, 0.15) is 17.5 Å². The quantitative estimate of drug-likeness (QED) is 0.115. The normalized spacial score (nSPS) is 10.6. The Balaban J connectivity index is 0.000000456. The van der Waals surface area contributed by atoms with Gasteiger partial charge in [-0.05, 0) is 124 Å². The van der Waals surface area contributed by atoms with Gasteiger partial charge in [0.15, 0.2) is 0 Å². The number of nitrogens with one attached hydrogen (secondary N) is 1. The summed E-state index contributed by atoms with van der Waals surface area (Å²) in [6, 6.07) is 35.6. The van der Waals surface area contributed by atoms with Gasteiger partial charge in [-0.2, -0.15) is 15.8 Å². The number of ether oxygens (including phenoxy) is 2. The summed E-state index contributed by atoms with van der Waals surface area (Å²) in [5, 5.41) is 29.1. The van der Waals surface area contributed by atoms with E-state index in [2.05, 4.69) is 59.0 Å². The minimum Gasteiger partial charge on any atom is -0.444 e. The molecule has 0 bridgehead atoms. The maximum Gasteiger partial charge on any atom is 0.410 e. The first kappa shape index (κ1) is 57.5. The number of nitrogens with zero attached hydrogens (tertiary/aromatic N) is 5. The van der Waals surface area contributed by atoms with Crippen LogP contribution in [0.25, 0.3) is 0 Å². The van der Waals surface area contributed by atoms with Crippen LogP contribution >= 0.6 is 0 Å². The molecule has 2 amide bonds. The zero-order chi connectivity index (χ0) is 49.9. The SMILES string of the molecule is CC(C)CN(Cc1ccc(C#N)cc1)C(=O)OC(C)(C)C.CC(C)CN(Cc1ccc(CN)cc1)C(=O)OC(C)(C)C.CC(C)CNCc1ccc(C#N)cc1.N#Cc1ccc(C=O)cc1. The Morgan fingerprint density at radius 2 is 0.909 bits per heavy atom. The molecule has 4 aromatic rings. The minimum atomic E-state index is -0.503. The average molecular weight is 900 g/mol. The monoisotopic (exact) mass is 900 g/mol. The second-order valence-corrected chi connectivity index (χ2v) is 19.0. The highest BCUT2D eigenvalue weighted by molar-refractivity contribution is 5.74. The van der Waals surface area contributed by atoms with E-state index in [1.807, 2.05) is 108 Å². The standard InChI is InChI=1S/C17H28N2O2.C17H24N2O2.C12H16N2.C8H5NO/c2*1-13(2)11-19(16(20)21-17(3,4)5)12-15-8-6-14(10-18)7-9-15;1-10(2)8-14-9-12-5-3-11(7-13)4-6-12;9-5-7-1-3-8(6-10)4-2-7/h6-9,13H,10-12,18H2,1-5H3;6-9,13H,11-12H2,1-5H3;3-6,10,14H,8-9H2,1-2H3;1-4,6H. The summed E-state index contributed by atoms with van der Waals surface area (Å²) in [6.45, 7) is 28.7. The van der Waals surface area contributed by atoms with Gasteiger partial charge in [0.05, 0.1) is 34.9 Å². The highest BCUT2D eigenvalue weighted by atomic mass is 16.6. The first-order chi connectivity index (χ1) is 31.0. The van der Waals surface area contributed by atoms with Crippen molar-refractivity contribution < 1.29 is 23.9 Å². The van der Waals surface area contributed by atoms with Crippen molar-refractivity contribution in [3.63, 3.8) is 0 Å². The maximum absolute atomic E-state index is 12.3. The summed E-state index contributed by atoms with van der Waals surface area (Å²) in [7, 11) is 0. The molecule has 0 radical (unpaired) electrons. The van der Waals surface area contributed by atoms with Crippen molar-refractivity contribution in [1.29, 1.82) is 15.8 Å². The van der Waals surface area contributed by atoms with E-state index in [1.54, 1.807) is 46.2 Å². The highest BCUT2D eigenvalue weighted by Crippen LogP contribution is 2.17. The van der Waals surface area contributed by atoms with Crippen LogP contribution in [0.1, 0.15) is 132 Å². The smallest absolute Gasteiger partial charge is 0.410 e. The summed E-state index contributed by atoms with van der Waals surface area (Å²) in [5.74, 6) is 1.42. The van der Waals surface area contributed by atoms with Crippen molar-refractivity contribution in [3.05, 3.63) is 142 Å². The van der Waals surface area contributed by atoms with E-state index in [9.17, 15) is 14.4 Å². The molecule has 66 heavy (non-hydrogen) atoms. The van der Waals surface area contributed by atoms with E-state index in [4.69, 9.17) is 31.0 Å². The molecule has 0 unspecified atom stereocenters. The number of benzene rings is 4. The van der Waals surface area contributed by atoms with Gasteiger partial charge in [0.25, 0.3) is 0 Å². The first-order valence-corrected chi connectivity index (χ1v) is 22.4. The van der Waals surface area contributed by atoms with Gasteiger partial charge in [-0.15, -0.1) is 0 Å². The van der Waals surface area contributed by atoms with Gasteiger partial charge in [-0.3, -0.25) is 4.79 Å². The maximum atomic E-state index is 12.3. The Bertz CT molecular complexity index is 2150. The van der Waals surface area contributed by atoms with Crippen LogP contribution in [0.4, 0.5) is 9.59 Å². The van der Waals surface area contributed by atoms with Crippen molar-refractivity contribution in [3.8, 4) is 18.2 Å². The molecule has 0 saturated heterocycles. The van der Waals surface area contributed by atoms with Crippen LogP contribution in [0.5, 0.6) is 0 Å². The predicted octanol–water partition coefficient (Wildman–Crippen LogP) is 11.2. The molecule has 4 aromatic carbocycles. The van der Waals surface area contributed by atoms with Gasteiger partial charge in [0, 0.05) is 44.8 Å². The lowest BCUT2D eigenvalue weighted by molar-refractivity contribution is 0.0202.